The molecule has 0 saturated heterocycles. The van der Waals surface area contributed by atoms with E-state index in [2.05, 4.69) is 10.6 Å². The van der Waals surface area contributed by atoms with E-state index in [1.807, 2.05) is 0 Å². The van der Waals surface area contributed by atoms with Gasteiger partial charge in [-0.05, 0) is 0 Å². The second-order valence-electron chi connectivity index (χ2n) is 5.06. The number of hydrogen-bond acceptors (Lipinski definition) is 4. The fourth-order valence-corrected chi connectivity index (χ4v) is 1.07. The molecule has 0 aromatic rings. The molecule has 108 valence electrons. The summed E-state index contributed by atoms with van der Waals surface area (Å²) < 4.78 is 0. The summed E-state index contributed by atoms with van der Waals surface area (Å²) >= 11 is 0. The van der Waals surface area contributed by atoms with Crippen LogP contribution in [-0.2, 0) is 19.2 Å². The molecule has 3 amide bonds. The van der Waals surface area contributed by atoms with Crippen LogP contribution >= 0.6 is 0 Å². The zero-order valence-electron chi connectivity index (χ0n) is 11.1. The van der Waals surface area contributed by atoms with Crippen LogP contribution in [-0.4, -0.2) is 41.4 Å². The maximum atomic E-state index is 11.5. The Morgan fingerprint density at radius 2 is 1.74 bits per heavy atom. The Kier molecular flexibility index (Phi) is 5.97. The quantitative estimate of drug-likeness (QED) is 0.471. The number of nitrogens with one attached hydrogen (secondary N) is 2. The smallest absolute Gasteiger partial charge is 0.326 e. The first kappa shape index (κ1) is 16.9. The molecule has 5 N–H and O–H groups in total. The molecular weight excluding hydrogens is 254 g/mol. The van der Waals surface area contributed by atoms with Gasteiger partial charge in [-0.15, -0.1) is 0 Å². The van der Waals surface area contributed by atoms with Crippen LogP contribution in [0.15, 0.2) is 0 Å². The number of carboxylic acid groups (broad SMARTS) is 1. The summed E-state index contributed by atoms with van der Waals surface area (Å²) in [6, 6.07) is -1.39. The highest BCUT2D eigenvalue weighted by Crippen LogP contribution is 2.11. The highest BCUT2D eigenvalue weighted by molar-refractivity contribution is 5.91. The largest absolute Gasteiger partial charge is 0.480 e. The van der Waals surface area contributed by atoms with E-state index in [4.69, 9.17) is 10.8 Å². The van der Waals surface area contributed by atoms with Crippen molar-refractivity contribution >= 4 is 23.7 Å². The normalized spacial score (nSPS) is 12.4. The topological polar surface area (TPSA) is 139 Å². The molecule has 19 heavy (non-hydrogen) atoms. The predicted molar refractivity (Wildman–Crippen MR) is 65.8 cm³/mol. The lowest BCUT2D eigenvalue weighted by molar-refractivity contribution is -0.143. The molecule has 0 aromatic heterocycles. The molecule has 0 heterocycles. The van der Waals surface area contributed by atoms with Gasteiger partial charge in [-0.25, -0.2) is 4.79 Å². The average Bonchev–Trinajstić information content (AvgIpc) is 2.22. The molecule has 0 spiro atoms. The van der Waals surface area contributed by atoms with E-state index in [-0.39, 0.29) is 12.5 Å². The van der Waals surface area contributed by atoms with Gasteiger partial charge in [-0.1, -0.05) is 20.8 Å². The van der Waals surface area contributed by atoms with E-state index in [0.29, 0.717) is 0 Å². The fraction of sp³-hybridized carbons (Fsp3) is 0.636. The maximum Gasteiger partial charge on any atom is 0.326 e. The predicted octanol–water partition coefficient (Wildman–Crippen LogP) is -1.41. The molecule has 0 aromatic carbocycles. The SMILES string of the molecule is CC(C)(C)C(=O)NCC(=O)N[C@@H](CC(N)=O)C(=O)O. The van der Waals surface area contributed by atoms with Crippen molar-refractivity contribution in [3.63, 3.8) is 0 Å². The lowest BCUT2D eigenvalue weighted by Gasteiger charge is -2.18. The van der Waals surface area contributed by atoms with Gasteiger partial charge in [0.05, 0.1) is 13.0 Å². The van der Waals surface area contributed by atoms with Gasteiger partial charge in [0.1, 0.15) is 6.04 Å². The van der Waals surface area contributed by atoms with Crippen molar-refractivity contribution in [3.05, 3.63) is 0 Å². The monoisotopic (exact) mass is 273 g/mol. The number of amides is 3. The van der Waals surface area contributed by atoms with Gasteiger partial charge in [0.15, 0.2) is 0 Å². The van der Waals surface area contributed by atoms with Crippen LogP contribution in [0.4, 0.5) is 0 Å². The van der Waals surface area contributed by atoms with Crippen LogP contribution in [0.25, 0.3) is 0 Å². The first-order valence-corrected chi connectivity index (χ1v) is 5.63. The summed E-state index contributed by atoms with van der Waals surface area (Å²) in [4.78, 5) is 44.3. The zero-order valence-corrected chi connectivity index (χ0v) is 11.1. The molecule has 8 nitrogen and oxygen atoms in total. The van der Waals surface area contributed by atoms with E-state index in [1.165, 1.54) is 0 Å². The molecule has 8 heteroatoms. The van der Waals surface area contributed by atoms with E-state index in [1.54, 1.807) is 20.8 Å². The van der Waals surface area contributed by atoms with Crippen molar-refractivity contribution in [1.82, 2.24) is 10.6 Å². The molecular formula is C11H19N3O5. The zero-order chi connectivity index (χ0) is 15.2. The van der Waals surface area contributed by atoms with Crippen LogP contribution in [0.3, 0.4) is 0 Å². The molecule has 0 unspecified atom stereocenters. The van der Waals surface area contributed by atoms with Crippen molar-refractivity contribution in [2.75, 3.05) is 6.54 Å². The summed E-state index contributed by atoms with van der Waals surface area (Å²) in [7, 11) is 0. The van der Waals surface area contributed by atoms with Crippen molar-refractivity contribution in [2.24, 2.45) is 11.1 Å². The maximum absolute atomic E-state index is 11.5. The third-order valence-corrected chi connectivity index (χ3v) is 2.13. The van der Waals surface area contributed by atoms with Crippen LogP contribution in [0, 0.1) is 5.41 Å². The number of nitrogens with two attached hydrogens (primary N) is 1. The number of primary amides is 1. The second-order valence-corrected chi connectivity index (χ2v) is 5.06. The lowest BCUT2D eigenvalue weighted by Crippen LogP contribution is -2.48. The van der Waals surface area contributed by atoms with Crippen LogP contribution in [0.2, 0.25) is 0 Å². The summed E-state index contributed by atoms with van der Waals surface area (Å²) in [5.74, 6) is -3.25. The highest BCUT2D eigenvalue weighted by atomic mass is 16.4. The Labute approximate surface area is 110 Å². The third kappa shape index (κ3) is 7.02. The van der Waals surface area contributed by atoms with E-state index >= 15 is 0 Å². The number of hydrogen-bond donors (Lipinski definition) is 4. The minimum atomic E-state index is -1.39. The van der Waals surface area contributed by atoms with E-state index < -0.39 is 35.7 Å². The molecule has 0 rings (SSSR count). The van der Waals surface area contributed by atoms with Crippen LogP contribution in [0.5, 0.6) is 0 Å². The molecule has 0 saturated carbocycles. The van der Waals surface area contributed by atoms with Crippen molar-refractivity contribution < 1.29 is 24.3 Å². The number of rotatable bonds is 6. The Morgan fingerprint density at radius 3 is 2.11 bits per heavy atom. The van der Waals surface area contributed by atoms with Crippen LogP contribution < -0.4 is 16.4 Å². The Hall–Kier alpha value is -2.12. The molecule has 0 aliphatic rings. The Bertz CT molecular complexity index is 386. The minimum Gasteiger partial charge on any atom is -0.480 e. The van der Waals surface area contributed by atoms with Gasteiger partial charge in [0.25, 0.3) is 0 Å². The molecule has 0 bridgehead atoms. The Morgan fingerprint density at radius 1 is 1.21 bits per heavy atom. The summed E-state index contributed by atoms with van der Waals surface area (Å²) in [5, 5.41) is 13.2. The van der Waals surface area contributed by atoms with E-state index in [9.17, 15) is 19.2 Å². The number of carbonyl (C=O) groups excluding carboxylic acids is 3. The first-order chi connectivity index (χ1) is 8.54. The van der Waals surface area contributed by atoms with Crippen molar-refractivity contribution in [1.29, 1.82) is 0 Å². The van der Waals surface area contributed by atoms with Gasteiger partial charge in [0.2, 0.25) is 17.7 Å². The average molecular weight is 273 g/mol. The van der Waals surface area contributed by atoms with Gasteiger partial charge in [-0.2, -0.15) is 0 Å². The van der Waals surface area contributed by atoms with Crippen molar-refractivity contribution in [2.45, 2.75) is 33.2 Å². The van der Waals surface area contributed by atoms with Gasteiger partial charge < -0.3 is 21.5 Å². The summed E-state index contributed by atoms with van der Waals surface area (Å²) in [5.41, 5.74) is 4.21. The molecule has 0 radical (unpaired) electrons. The van der Waals surface area contributed by atoms with Crippen LogP contribution in [0.1, 0.15) is 27.2 Å². The molecule has 0 aliphatic heterocycles. The third-order valence-electron chi connectivity index (χ3n) is 2.13. The van der Waals surface area contributed by atoms with Crippen molar-refractivity contribution in [3.8, 4) is 0 Å². The fourth-order valence-electron chi connectivity index (χ4n) is 1.07. The molecule has 1 atom stereocenters. The molecule has 0 fully saturated rings. The lowest BCUT2D eigenvalue weighted by atomic mass is 9.96. The molecule has 0 aliphatic carbocycles. The second kappa shape index (κ2) is 6.72. The number of aliphatic carboxylic acids is 1. The van der Waals surface area contributed by atoms with Gasteiger partial charge in [-0.3, -0.25) is 14.4 Å². The minimum absolute atomic E-state index is 0.343. The van der Waals surface area contributed by atoms with E-state index in [0.717, 1.165) is 0 Å². The standard InChI is InChI=1S/C11H19N3O5/c1-11(2,3)10(19)13-5-8(16)14-6(9(17)18)4-7(12)15/h6H,4-5H2,1-3H3,(H2,12,15)(H,13,19)(H,14,16)(H,17,18)/t6-/m0/s1. The first-order valence-electron chi connectivity index (χ1n) is 5.63. The number of carboxylic acids is 1. The summed E-state index contributed by atoms with van der Waals surface area (Å²) in [6.07, 6.45) is -0.506. The highest BCUT2D eigenvalue weighted by Gasteiger charge is 2.24. The summed E-state index contributed by atoms with van der Waals surface area (Å²) in [6.45, 7) is 4.66. The number of carbonyl (C=O) groups is 4. The van der Waals surface area contributed by atoms with Gasteiger partial charge >= 0.3 is 5.97 Å². The van der Waals surface area contributed by atoms with Gasteiger partial charge in [0, 0.05) is 5.41 Å². The Balaban J connectivity index is 4.32.